The van der Waals surface area contributed by atoms with Crippen LogP contribution in [0.5, 0.6) is 0 Å². The van der Waals surface area contributed by atoms with E-state index in [0.717, 1.165) is 11.6 Å². The minimum Gasteiger partial charge on any atom is -0.316 e. The van der Waals surface area contributed by atoms with Crippen LogP contribution in [0.3, 0.4) is 0 Å². The monoisotopic (exact) mass is 295 g/mol. The molecule has 0 bridgehead atoms. The van der Waals surface area contributed by atoms with Crippen molar-refractivity contribution in [3.05, 3.63) is 70.7 Å². The summed E-state index contributed by atoms with van der Waals surface area (Å²) < 4.78 is 0. The van der Waals surface area contributed by atoms with Crippen molar-refractivity contribution in [3.8, 4) is 11.1 Å². The van der Waals surface area contributed by atoms with E-state index in [1.807, 2.05) is 13.1 Å². The van der Waals surface area contributed by atoms with E-state index in [1.165, 1.54) is 33.0 Å². The minimum absolute atomic E-state index is 0.773. The van der Waals surface area contributed by atoms with E-state index in [0.29, 0.717) is 0 Å². The molecule has 21 heavy (non-hydrogen) atoms. The van der Waals surface area contributed by atoms with Gasteiger partial charge in [-0.25, -0.2) is 0 Å². The Morgan fingerprint density at radius 1 is 0.905 bits per heavy atom. The molecule has 0 amide bonds. The maximum absolute atomic E-state index is 6.23. The van der Waals surface area contributed by atoms with Gasteiger partial charge in [0, 0.05) is 11.6 Å². The molecule has 0 aromatic heterocycles. The van der Waals surface area contributed by atoms with E-state index in [4.69, 9.17) is 11.6 Å². The number of halogens is 1. The molecule has 0 spiro atoms. The summed E-state index contributed by atoms with van der Waals surface area (Å²) in [6.07, 6.45) is 0. The number of rotatable bonds is 3. The highest BCUT2D eigenvalue weighted by molar-refractivity contribution is 6.31. The maximum atomic E-state index is 6.23. The zero-order valence-corrected chi connectivity index (χ0v) is 13.0. The van der Waals surface area contributed by atoms with Crippen molar-refractivity contribution in [2.45, 2.75) is 13.5 Å². The normalized spacial score (nSPS) is 11.0. The summed E-state index contributed by atoms with van der Waals surface area (Å²) in [5.41, 5.74) is 5.00. The summed E-state index contributed by atoms with van der Waals surface area (Å²) in [4.78, 5) is 0. The van der Waals surface area contributed by atoms with E-state index in [-0.39, 0.29) is 0 Å². The van der Waals surface area contributed by atoms with Crippen LogP contribution in [0.2, 0.25) is 5.02 Å². The van der Waals surface area contributed by atoms with Crippen molar-refractivity contribution in [3.63, 3.8) is 0 Å². The second-order valence-electron chi connectivity index (χ2n) is 5.31. The number of nitrogens with one attached hydrogen (secondary N) is 1. The molecule has 1 N–H and O–H groups in total. The lowest BCUT2D eigenvalue weighted by Gasteiger charge is -2.14. The highest BCUT2D eigenvalue weighted by Gasteiger charge is 2.10. The molecule has 0 aliphatic rings. The lowest BCUT2D eigenvalue weighted by atomic mass is 9.92. The molecule has 3 rings (SSSR count). The van der Waals surface area contributed by atoms with Crippen molar-refractivity contribution >= 4 is 22.4 Å². The van der Waals surface area contributed by atoms with Gasteiger partial charge in [-0.15, -0.1) is 0 Å². The molecule has 0 unspecified atom stereocenters. The first kappa shape index (κ1) is 14.1. The fourth-order valence-electron chi connectivity index (χ4n) is 2.83. The van der Waals surface area contributed by atoms with Gasteiger partial charge in [0.15, 0.2) is 0 Å². The van der Waals surface area contributed by atoms with Crippen molar-refractivity contribution in [1.82, 2.24) is 5.32 Å². The van der Waals surface area contributed by atoms with Gasteiger partial charge >= 0.3 is 0 Å². The average molecular weight is 296 g/mol. The largest absolute Gasteiger partial charge is 0.316 e. The molecule has 1 nitrogen and oxygen atoms in total. The van der Waals surface area contributed by atoms with E-state index >= 15 is 0 Å². The molecule has 0 fully saturated rings. The van der Waals surface area contributed by atoms with Gasteiger partial charge in [0.25, 0.3) is 0 Å². The molecule has 106 valence electrons. The van der Waals surface area contributed by atoms with Crippen molar-refractivity contribution in [2.24, 2.45) is 0 Å². The molecular weight excluding hydrogens is 278 g/mol. The van der Waals surface area contributed by atoms with E-state index < -0.39 is 0 Å². The lowest BCUT2D eigenvalue weighted by Crippen LogP contribution is -2.06. The third kappa shape index (κ3) is 2.67. The van der Waals surface area contributed by atoms with Gasteiger partial charge < -0.3 is 5.32 Å². The second-order valence-corrected chi connectivity index (χ2v) is 5.74. The Kier molecular flexibility index (Phi) is 3.96. The molecule has 0 aliphatic carbocycles. The average Bonchev–Trinajstić information content (AvgIpc) is 2.50. The van der Waals surface area contributed by atoms with Crippen LogP contribution in [0.4, 0.5) is 0 Å². The molecule has 3 aromatic rings. The summed E-state index contributed by atoms with van der Waals surface area (Å²) in [6, 6.07) is 19.0. The first-order chi connectivity index (χ1) is 10.2. The molecule has 0 atom stereocenters. The maximum Gasteiger partial charge on any atom is 0.0412 e. The second kappa shape index (κ2) is 5.88. The van der Waals surface area contributed by atoms with Gasteiger partial charge in [-0.3, -0.25) is 0 Å². The number of aryl methyl sites for hydroxylation is 1. The van der Waals surface area contributed by atoms with Crippen LogP contribution >= 0.6 is 11.6 Å². The summed E-state index contributed by atoms with van der Waals surface area (Å²) in [6.45, 7) is 2.98. The van der Waals surface area contributed by atoms with Gasteiger partial charge in [0.1, 0.15) is 0 Å². The fourth-order valence-corrected chi connectivity index (χ4v) is 3.00. The smallest absolute Gasteiger partial charge is 0.0412 e. The molecule has 3 aromatic carbocycles. The predicted molar refractivity (Wildman–Crippen MR) is 91.9 cm³/mol. The summed E-state index contributed by atoms with van der Waals surface area (Å²) in [5.74, 6) is 0. The molecule has 0 saturated carbocycles. The number of hydrogen-bond donors (Lipinski definition) is 1. The van der Waals surface area contributed by atoms with Crippen LogP contribution in [0.1, 0.15) is 11.1 Å². The van der Waals surface area contributed by atoms with Crippen molar-refractivity contribution in [1.29, 1.82) is 0 Å². The van der Waals surface area contributed by atoms with Crippen LogP contribution in [0.25, 0.3) is 21.9 Å². The van der Waals surface area contributed by atoms with E-state index in [9.17, 15) is 0 Å². The lowest BCUT2D eigenvalue weighted by molar-refractivity contribution is 0.819. The first-order valence-corrected chi connectivity index (χ1v) is 7.50. The van der Waals surface area contributed by atoms with Crippen LogP contribution in [-0.4, -0.2) is 7.05 Å². The number of fused-ring (bicyclic) bond motifs is 1. The van der Waals surface area contributed by atoms with Gasteiger partial charge in [-0.2, -0.15) is 0 Å². The Morgan fingerprint density at radius 2 is 1.67 bits per heavy atom. The van der Waals surface area contributed by atoms with Crippen molar-refractivity contribution in [2.75, 3.05) is 7.05 Å². The van der Waals surface area contributed by atoms with Crippen LogP contribution < -0.4 is 5.32 Å². The van der Waals surface area contributed by atoms with Gasteiger partial charge in [0.05, 0.1) is 0 Å². The Labute approximate surface area is 130 Å². The number of hydrogen-bond acceptors (Lipinski definition) is 1. The third-order valence-electron chi connectivity index (χ3n) is 3.87. The molecule has 0 radical (unpaired) electrons. The van der Waals surface area contributed by atoms with Gasteiger partial charge in [0.2, 0.25) is 0 Å². The third-order valence-corrected chi connectivity index (χ3v) is 4.11. The molecular formula is C19H18ClN. The Hall–Kier alpha value is -1.83. The standard InChI is InChI=1S/C19H18ClN/c1-13-7-10-18(17-6-4-3-5-16(13)17)19-11-15(20)9-8-14(19)12-21-2/h3-11,21H,12H2,1-2H3. The molecule has 0 heterocycles. The van der Waals surface area contributed by atoms with Crippen LogP contribution in [-0.2, 0) is 6.54 Å². The zero-order chi connectivity index (χ0) is 14.8. The Balaban J connectivity index is 2.30. The molecule has 0 aliphatic heterocycles. The van der Waals surface area contributed by atoms with Crippen molar-refractivity contribution < 1.29 is 0 Å². The Bertz CT molecular complexity index is 793. The summed E-state index contributed by atoms with van der Waals surface area (Å²) in [5, 5.41) is 6.57. The molecule has 2 heteroatoms. The minimum atomic E-state index is 0.773. The van der Waals surface area contributed by atoms with Crippen LogP contribution in [0.15, 0.2) is 54.6 Å². The topological polar surface area (TPSA) is 12.0 Å². The van der Waals surface area contributed by atoms with E-state index in [2.05, 4.69) is 60.8 Å². The quantitative estimate of drug-likeness (QED) is 0.701. The fraction of sp³-hybridized carbons (Fsp3) is 0.158. The summed E-state index contributed by atoms with van der Waals surface area (Å²) >= 11 is 6.23. The SMILES string of the molecule is CNCc1ccc(Cl)cc1-c1ccc(C)c2ccccc12. The highest BCUT2D eigenvalue weighted by Crippen LogP contribution is 2.34. The van der Waals surface area contributed by atoms with Crippen LogP contribution in [0, 0.1) is 6.92 Å². The number of benzene rings is 3. The van der Waals surface area contributed by atoms with Gasteiger partial charge in [-0.1, -0.05) is 54.1 Å². The Morgan fingerprint density at radius 3 is 2.43 bits per heavy atom. The zero-order valence-electron chi connectivity index (χ0n) is 12.3. The predicted octanol–water partition coefficient (Wildman–Crippen LogP) is 5.19. The molecule has 0 saturated heterocycles. The van der Waals surface area contributed by atoms with E-state index in [1.54, 1.807) is 0 Å². The highest BCUT2D eigenvalue weighted by atomic mass is 35.5. The summed E-state index contributed by atoms with van der Waals surface area (Å²) in [7, 11) is 1.96. The first-order valence-electron chi connectivity index (χ1n) is 7.12. The van der Waals surface area contributed by atoms with Gasteiger partial charge in [-0.05, 0) is 59.1 Å².